The van der Waals surface area contributed by atoms with Crippen LogP contribution in [0.1, 0.15) is 202 Å². The molecule has 0 saturated carbocycles. The molecule has 2 saturated heterocycles. The highest BCUT2D eigenvalue weighted by Crippen LogP contribution is 2.11. The Balaban J connectivity index is -0.0000000499. The standard InChI is InChI=1S/4C6H14.C5H12O.C4H8O2.C4H8O.C3H5ClO.C2H7N.C2H6.CH4O.H2O/c4*1-4-6(3)5-2;1-3-5(6)4-2;1-3-6-4(2)5;1-2-4-3-5-4;4-1-3-2-5-3;1-3-2;2*1-2;/h4*6H,4-5H2,1-3H3;5-6H,3-4H2,1-2H3;3H2,1-2H3;4H,2-3H2,1H3;3H,1-2H2;3H,1-2H3;1-2H3;2H,1H3;1H2. The molecule has 0 aliphatic carbocycles. The number of aliphatic hydroxyl groups excluding tert-OH is 2. The van der Waals surface area contributed by atoms with Gasteiger partial charge in [0.1, 0.15) is 0 Å². The first kappa shape index (κ1) is 77.9. The highest BCUT2D eigenvalue weighted by molar-refractivity contribution is 6.18. The molecule has 0 aromatic carbocycles. The Morgan fingerprint density at radius 2 is 0.852 bits per heavy atom. The molecule has 0 radical (unpaired) electrons. The zero-order valence-electron chi connectivity index (χ0n) is 41.1. The molecule has 2 unspecified atom stereocenters. The number of epoxide rings is 2. The number of hydrogen-bond donors (Lipinski definition) is 3. The molecule has 0 aromatic rings. The van der Waals surface area contributed by atoms with E-state index in [2.05, 4.69) is 100 Å². The number of hydrogen-bond acceptors (Lipinski definition) is 7. The van der Waals surface area contributed by atoms with Crippen LogP contribution < -0.4 is 5.32 Å². The molecule has 342 valence electrons. The fourth-order valence-corrected chi connectivity index (χ4v) is 2.29. The van der Waals surface area contributed by atoms with Crippen molar-refractivity contribution in [2.75, 3.05) is 46.9 Å². The summed E-state index contributed by atoms with van der Waals surface area (Å²) in [6.45, 7) is 42.6. The van der Waals surface area contributed by atoms with Crippen LogP contribution in [0.25, 0.3) is 0 Å². The minimum Gasteiger partial charge on any atom is -0.466 e. The maximum Gasteiger partial charge on any atom is 0.302 e. The molecule has 0 amide bonds. The van der Waals surface area contributed by atoms with E-state index in [1.807, 2.05) is 41.8 Å². The van der Waals surface area contributed by atoms with Gasteiger partial charge >= 0.3 is 5.97 Å². The number of ether oxygens (including phenoxy) is 3. The quantitative estimate of drug-likeness (QED) is 0.0957. The molecule has 2 atom stereocenters. The summed E-state index contributed by atoms with van der Waals surface area (Å²) in [5.74, 6) is 4.20. The van der Waals surface area contributed by atoms with Crippen molar-refractivity contribution >= 4 is 17.6 Å². The Labute approximate surface area is 347 Å². The summed E-state index contributed by atoms with van der Waals surface area (Å²) < 4.78 is 14.0. The number of aliphatic hydroxyl groups is 2. The molecule has 2 fully saturated rings. The normalized spacial score (nSPS) is 13.3. The Kier molecular flexibility index (Phi) is 111. The average molecular weight is 811 g/mol. The van der Waals surface area contributed by atoms with Gasteiger partial charge in [-0.15, -0.1) is 11.6 Å². The van der Waals surface area contributed by atoms with Crippen LogP contribution in [0.4, 0.5) is 0 Å². The first-order chi connectivity index (χ1) is 25.1. The van der Waals surface area contributed by atoms with Crippen LogP contribution in [-0.4, -0.2) is 86.9 Å². The van der Waals surface area contributed by atoms with E-state index in [0.717, 1.165) is 56.8 Å². The first-order valence-electron chi connectivity index (χ1n) is 21.7. The molecule has 5 N–H and O–H groups in total. The zero-order valence-corrected chi connectivity index (χ0v) is 41.8. The third kappa shape index (κ3) is 124. The second-order valence-corrected chi connectivity index (χ2v) is 13.4. The highest BCUT2D eigenvalue weighted by Gasteiger charge is 2.19. The van der Waals surface area contributed by atoms with Crippen LogP contribution in [-0.2, 0) is 19.0 Å². The maximum absolute atomic E-state index is 9.82. The monoisotopic (exact) mass is 810 g/mol. The van der Waals surface area contributed by atoms with Gasteiger partial charge in [-0.3, -0.25) is 4.79 Å². The molecule has 0 bridgehead atoms. The second kappa shape index (κ2) is 77.1. The lowest BCUT2D eigenvalue weighted by atomic mass is 10.1. The van der Waals surface area contributed by atoms with E-state index in [1.165, 1.54) is 64.7 Å². The van der Waals surface area contributed by atoms with Crippen molar-refractivity contribution in [3.05, 3.63) is 0 Å². The molecule has 0 spiro atoms. The summed E-state index contributed by atoms with van der Waals surface area (Å²) in [5.41, 5.74) is 0. The maximum atomic E-state index is 9.82. The smallest absolute Gasteiger partial charge is 0.302 e. The number of halogens is 1. The van der Waals surface area contributed by atoms with Gasteiger partial charge in [0.25, 0.3) is 0 Å². The van der Waals surface area contributed by atoms with Crippen LogP contribution in [0.3, 0.4) is 0 Å². The Morgan fingerprint density at radius 3 is 0.852 bits per heavy atom. The minimum atomic E-state index is -0.211. The van der Waals surface area contributed by atoms with Crippen molar-refractivity contribution in [1.82, 2.24) is 5.32 Å². The predicted octanol–water partition coefficient (Wildman–Crippen LogP) is 12.6. The van der Waals surface area contributed by atoms with Crippen molar-refractivity contribution in [1.29, 1.82) is 0 Å². The number of rotatable bonds is 13. The van der Waals surface area contributed by atoms with E-state index in [4.69, 9.17) is 31.3 Å². The van der Waals surface area contributed by atoms with E-state index < -0.39 is 0 Å². The third-order valence-corrected chi connectivity index (χ3v) is 8.64. The van der Waals surface area contributed by atoms with Gasteiger partial charge in [-0.1, -0.05) is 169 Å². The highest BCUT2D eigenvalue weighted by atomic mass is 35.5. The fourth-order valence-electron chi connectivity index (χ4n) is 2.11. The Morgan fingerprint density at radius 1 is 0.630 bits per heavy atom. The summed E-state index contributed by atoms with van der Waals surface area (Å²) in [7, 11) is 4.75. The number of carbonyl (C=O) groups is 1. The predicted molar refractivity (Wildman–Crippen MR) is 246 cm³/mol. The first-order valence-corrected chi connectivity index (χ1v) is 22.3. The van der Waals surface area contributed by atoms with Gasteiger partial charge in [0, 0.05) is 14.0 Å². The molecular formula is C45H108ClNO7. The largest absolute Gasteiger partial charge is 0.466 e. The van der Waals surface area contributed by atoms with Gasteiger partial charge in [0.05, 0.1) is 44.0 Å². The lowest BCUT2D eigenvalue weighted by Gasteiger charge is -1.98. The van der Waals surface area contributed by atoms with Gasteiger partial charge in [-0.05, 0) is 64.0 Å². The number of nitrogens with one attached hydrogen (secondary N) is 1. The average Bonchev–Trinajstić information content (AvgIpc) is 4.15. The summed E-state index contributed by atoms with van der Waals surface area (Å²) >= 11 is 5.27. The summed E-state index contributed by atoms with van der Waals surface area (Å²) in [5, 5.41) is 18.4. The van der Waals surface area contributed by atoms with E-state index in [9.17, 15) is 4.79 Å². The van der Waals surface area contributed by atoms with Crippen molar-refractivity contribution in [3.8, 4) is 0 Å². The van der Waals surface area contributed by atoms with Gasteiger partial charge in [-0.25, -0.2) is 0 Å². The van der Waals surface area contributed by atoms with E-state index >= 15 is 0 Å². The molecule has 8 nitrogen and oxygen atoms in total. The lowest BCUT2D eigenvalue weighted by Crippen LogP contribution is -1.99. The molecule has 9 heteroatoms. The summed E-state index contributed by atoms with van der Waals surface area (Å²) in [4.78, 5) is 9.82. The topological polar surface area (TPSA) is 135 Å². The van der Waals surface area contributed by atoms with Crippen molar-refractivity contribution < 1.29 is 34.7 Å². The minimum absolute atomic E-state index is 0. The van der Waals surface area contributed by atoms with Crippen LogP contribution in [0.5, 0.6) is 0 Å². The number of alkyl halides is 1. The zero-order chi connectivity index (χ0) is 44.1. The van der Waals surface area contributed by atoms with Crippen LogP contribution >= 0.6 is 11.6 Å². The van der Waals surface area contributed by atoms with Crippen LogP contribution in [0.15, 0.2) is 0 Å². The third-order valence-electron chi connectivity index (χ3n) is 8.30. The summed E-state index contributed by atoms with van der Waals surface area (Å²) in [6.07, 6.45) is 14.6. The lowest BCUT2D eigenvalue weighted by molar-refractivity contribution is -0.140. The SMILES string of the molecule is CC.CCC(C)CC.CCC(C)CC.CCC(C)CC.CCC(C)CC.CCC(O)CC.CCC1CO1.CCOC(C)=O.CNC.CO.ClCC1CO1.O. The molecule has 2 rings (SSSR count). The Hall–Kier alpha value is -0.480. The number of esters is 1. The number of carbonyl (C=O) groups excluding carboxylic acids is 1. The van der Waals surface area contributed by atoms with Crippen molar-refractivity contribution in [3.63, 3.8) is 0 Å². The van der Waals surface area contributed by atoms with E-state index in [0.29, 0.717) is 24.7 Å². The molecular weight excluding hydrogens is 702 g/mol. The van der Waals surface area contributed by atoms with Crippen molar-refractivity contribution in [2.45, 2.75) is 220 Å². The van der Waals surface area contributed by atoms with Gasteiger partial charge in [-0.2, -0.15) is 0 Å². The summed E-state index contributed by atoms with van der Waals surface area (Å²) in [6, 6.07) is 0. The van der Waals surface area contributed by atoms with E-state index in [1.54, 1.807) is 6.92 Å². The second-order valence-electron chi connectivity index (χ2n) is 13.1. The molecule has 2 aliphatic rings. The fraction of sp³-hybridized carbons (Fsp3) is 0.978. The van der Waals surface area contributed by atoms with Gasteiger partial charge < -0.3 is 35.2 Å². The molecule has 54 heavy (non-hydrogen) atoms. The van der Waals surface area contributed by atoms with Gasteiger partial charge in [0.15, 0.2) is 0 Å². The molecule has 2 aliphatic heterocycles. The van der Waals surface area contributed by atoms with Crippen molar-refractivity contribution in [2.24, 2.45) is 23.7 Å². The van der Waals surface area contributed by atoms with Crippen LogP contribution in [0, 0.1) is 23.7 Å². The van der Waals surface area contributed by atoms with E-state index in [-0.39, 0.29) is 17.5 Å². The Bertz CT molecular complexity index is 450. The van der Waals surface area contributed by atoms with Gasteiger partial charge in [0.2, 0.25) is 0 Å². The van der Waals surface area contributed by atoms with Crippen LogP contribution in [0.2, 0.25) is 0 Å². The molecule has 2 heterocycles. The molecule has 0 aromatic heterocycles.